The highest BCUT2D eigenvalue weighted by Crippen LogP contribution is 2.48. The molecule has 6 rings (SSSR count). The molecule has 2 aliphatic heterocycles. The summed E-state index contributed by atoms with van der Waals surface area (Å²) in [6.07, 6.45) is 5.38. The number of benzene rings is 3. The van der Waals surface area contributed by atoms with E-state index in [0.29, 0.717) is 33.0 Å². The summed E-state index contributed by atoms with van der Waals surface area (Å²) < 4.78 is 1.79. The summed E-state index contributed by atoms with van der Waals surface area (Å²) in [5.41, 5.74) is 4.83. The molecule has 4 aromatic rings. The third-order valence-electron chi connectivity index (χ3n) is 6.89. The molecule has 0 radical (unpaired) electrons. The van der Waals surface area contributed by atoms with Crippen LogP contribution >= 0.6 is 34.8 Å². The van der Waals surface area contributed by atoms with Gasteiger partial charge in [0, 0.05) is 17.8 Å². The molecule has 200 valence electrons. The molecule has 1 unspecified atom stereocenters. The lowest BCUT2D eigenvalue weighted by Crippen LogP contribution is -2.35. The standard InChI is InChI=1S/C30H22Cl3N5O2/c1-2-6-18-9-11-19(12-10-18)27-26-28(20-13-14-23(32)25(15-20)38(39)40)36-17-21(31)16-24(33)29(36)34-30(26)37(35-27)22-7-4-3-5-8-22/h3-5,7-17,28H,2,6H2,1H3. The van der Waals surface area contributed by atoms with Crippen LogP contribution in [0.5, 0.6) is 0 Å². The van der Waals surface area contributed by atoms with Gasteiger partial charge in [-0.15, -0.1) is 0 Å². The number of amidine groups is 1. The SMILES string of the molecule is CCCc1ccc(-c2nn(-c3ccccc3)c3c2C(c2ccc(Cl)c([N+](=O)[O-])c2)N2C=C(Cl)C=C(Cl)C2=N3)cc1. The second kappa shape index (κ2) is 10.6. The summed E-state index contributed by atoms with van der Waals surface area (Å²) in [7, 11) is 0. The van der Waals surface area contributed by atoms with Crippen molar-refractivity contribution in [3.63, 3.8) is 0 Å². The first-order valence-corrected chi connectivity index (χ1v) is 13.8. The van der Waals surface area contributed by atoms with Gasteiger partial charge >= 0.3 is 0 Å². The van der Waals surface area contributed by atoms with Gasteiger partial charge in [-0.3, -0.25) is 10.1 Å². The average molecular weight is 591 g/mol. The summed E-state index contributed by atoms with van der Waals surface area (Å²) in [6, 6.07) is 22.2. The lowest BCUT2D eigenvalue weighted by atomic mass is 9.91. The van der Waals surface area contributed by atoms with Gasteiger partial charge in [0.1, 0.15) is 10.7 Å². The Hall–Kier alpha value is -3.91. The molecule has 3 heterocycles. The van der Waals surface area contributed by atoms with Crippen molar-refractivity contribution in [1.29, 1.82) is 0 Å². The second-order valence-electron chi connectivity index (χ2n) is 9.50. The number of halogens is 3. The molecule has 10 heteroatoms. The fourth-order valence-electron chi connectivity index (χ4n) is 5.12. The first-order chi connectivity index (χ1) is 19.4. The Morgan fingerprint density at radius 1 is 1.00 bits per heavy atom. The number of nitrogens with zero attached hydrogens (tertiary/aromatic N) is 5. The van der Waals surface area contributed by atoms with Crippen molar-refractivity contribution >= 4 is 52.1 Å². The molecule has 7 nitrogen and oxygen atoms in total. The summed E-state index contributed by atoms with van der Waals surface area (Å²) >= 11 is 19.4. The number of allylic oxidation sites excluding steroid dienone is 2. The summed E-state index contributed by atoms with van der Waals surface area (Å²) in [4.78, 5) is 18.2. The fourth-order valence-corrected chi connectivity index (χ4v) is 5.83. The van der Waals surface area contributed by atoms with Crippen LogP contribution in [0.4, 0.5) is 11.5 Å². The number of fused-ring (bicyclic) bond motifs is 2. The van der Waals surface area contributed by atoms with Gasteiger partial charge in [-0.05, 0) is 41.8 Å². The summed E-state index contributed by atoms with van der Waals surface area (Å²) in [5, 5.41) is 17.7. The molecule has 0 saturated carbocycles. The van der Waals surface area contributed by atoms with Crippen LogP contribution in [0.2, 0.25) is 5.02 Å². The van der Waals surface area contributed by atoms with Crippen LogP contribution in [-0.2, 0) is 6.42 Å². The van der Waals surface area contributed by atoms with Crippen molar-refractivity contribution in [3.8, 4) is 16.9 Å². The molecule has 0 aliphatic carbocycles. The highest BCUT2D eigenvalue weighted by Gasteiger charge is 2.39. The molecule has 40 heavy (non-hydrogen) atoms. The van der Waals surface area contributed by atoms with Gasteiger partial charge < -0.3 is 4.90 Å². The highest BCUT2D eigenvalue weighted by molar-refractivity contribution is 6.45. The van der Waals surface area contributed by atoms with E-state index in [4.69, 9.17) is 44.9 Å². The zero-order valence-corrected chi connectivity index (χ0v) is 23.5. The molecule has 2 aliphatic rings. The minimum absolute atomic E-state index is 0.0514. The van der Waals surface area contributed by atoms with E-state index in [1.54, 1.807) is 23.0 Å². The molecule has 1 atom stereocenters. The van der Waals surface area contributed by atoms with Crippen molar-refractivity contribution in [2.45, 2.75) is 25.8 Å². The van der Waals surface area contributed by atoms with Crippen molar-refractivity contribution in [3.05, 3.63) is 127 Å². The first kappa shape index (κ1) is 26.3. The van der Waals surface area contributed by atoms with E-state index in [2.05, 4.69) is 31.2 Å². The average Bonchev–Trinajstić information content (AvgIpc) is 3.33. The maximum atomic E-state index is 11.9. The Bertz CT molecular complexity index is 1730. The number of aromatic nitrogens is 2. The number of rotatable bonds is 6. The Labute approximate surface area is 245 Å². The molecule has 0 bridgehead atoms. The molecule has 0 spiro atoms. The van der Waals surface area contributed by atoms with Crippen LogP contribution in [0.3, 0.4) is 0 Å². The van der Waals surface area contributed by atoms with E-state index >= 15 is 0 Å². The Balaban J connectivity index is 1.66. The Morgan fingerprint density at radius 2 is 1.75 bits per heavy atom. The number of nitro benzene ring substituents is 1. The zero-order chi connectivity index (χ0) is 28.0. The molecule has 0 fully saturated rings. The quantitative estimate of drug-likeness (QED) is 0.166. The van der Waals surface area contributed by atoms with Crippen LogP contribution in [0.15, 0.2) is 100 Å². The highest BCUT2D eigenvalue weighted by atomic mass is 35.5. The molecular weight excluding hydrogens is 569 g/mol. The summed E-state index contributed by atoms with van der Waals surface area (Å²) in [5.74, 6) is 1.04. The van der Waals surface area contributed by atoms with E-state index in [-0.39, 0.29) is 10.7 Å². The molecule has 3 aromatic carbocycles. The summed E-state index contributed by atoms with van der Waals surface area (Å²) in [6.45, 7) is 2.15. The molecule has 0 N–H and O–H groups in total. The van der Waals surface area contributed by atoms with Crippen molar-refractivity contribution in [1.82, 2.24) is 14.7 Å². The minimum Gasteiger partial charge on any atom is -0.318 e. The van der Waals surface area contributed by atoms with Crippen LogP contribution < -0.4 is 0 Å². The van der Waals surface area contributed by atoms with Gasteiger partial charge in [0.15, 0.2) is 11.7 Å². The van der Waals surface area contributed by atoms with Crippen LogP contribution in [0.25, 0.3) is 16.9 Å². The Kier molecular flexibility index (Phi) is 6.96. The van der Waals surface area contributed by atoms with Crippen molar-refractivity contribution < 1.29 is 4.92 Å². The van der Waals surface area contributed by atoms with E-state index in [1.165, 1.54) is 17.7 Å². The van der Waals surface area contributed by atoms with Crippen molar-refractivity contribution in [2.24, 2.45) is 4.99 Å². The number of hydrogen-bond donors (Lipinski definition) is 0. The molecule has 1 aromatic heterocycles. The van der Waals surface area contributed by atoms with E-state index in [0.717, 1.165) is 29.7 Å². The van der Waals surface area contributed by atoms with Gasteiger partial charge in [-0.1, -0.05) is 96.7 Å². The van der Waals surface area contributed by atoms with Gasteiger partial charge in [-0.2, -0.15) is 5.10 Å². The number of hydrogen-bond acceptors (Lipinski definition) is 5. The zero-order valence-electron chi connectivity index (χ0n) is 21.3. The van der Waals surface area contributed by atoms with Crippen LogP contribution in [-0.4, -0.2) is 25.4 Å². The second-order valence-corrected chi connectivity index (χ2v) is 10.8. The molecule has 0 amide bonds. The van der Waals surface area contributed by atoms with Crippen LogP contribution in [0.1, 0.15) is 36.1 Å². The van der Waals surface area contributed by atoms with E-state index in [9.17, 15) is 10.1 Å². The largest absolute Gasteiger partial charge is 0.318 e. The first-order valence-electron chi connectivity index (χ1n) is 12.7. The topological polar surface area (TPSA) is 76.6 Å². The predicted molar refractivity (Wildman–Crippen MR) is 160 cm³/mol. The molecule has 0 saturated heterocycles. The number of aryl methyl sites for hydroxylation is 1. The molecular formula is C30H22Cl3N5O2. The maximum Gasteiger partial charge on any atom is 0.288 e. The van der Waals surface area contributed by atoms with Gasteiger partial charge in [0.25, 0.3) is 5.69 Å². The van der Waals surface area contributed by atoms with Crippen LogP contribution in [0, 0.1) is 10.1 Å². The maximum absolute atomic E-state index is 11.9. The van der Waals surface area contributed by atoms with Gasteiger partial charge in [0.05, 0.1) is 32.3 Å². The third kappa shape index (κ3) is 4.60. The van der Waals surface area contributed by atoms with E-state index in [1.807, 2.05) is 35.2 Å². The monoisotopic (exact) mass is 589 g/mol. The normalized spacial score (nSPS) is 16.1. The fraction of sp³-hybridized carbons (Fsp3) is 0.133. The van der Waals surface area contributed by atoms with Gasteiger partial charge in [0.2, 0.25) is 0 Å². The minimum atomic E-state index is -0.586. The lowest BCUT2D eigenvalue weighted by Gasteiger charge is -2.37. The van der Waals surface area contributed by atoms with E-state index < -0.39 is 11.0 Å². The van der Waals surface area contributed by atoms with Gasteiger partial charge in [-0.25, -0.2) is 9.67 Å². The third-order valence-corrected chi connectivity index (χ3v) is 7.70. The number of para-hydroxylation sites is 1. The lowest BCUT2D eigenvalue weighted by molar-refractivity contribution is -0.384. The smallest absolute Gasteiger partial charge is 0.288 e. The number of nitro groups is 1. The van der Waals surface area contributed by atoms with Crippen molar-refractivity contribution in [2.75, 3.05) is 0 Å². The number of aliphatic imine (C=N–C) groups is 1. The predicted octanol–water partition coefficient (Wildman–Crippen LogP) is 8.70. The Morgan fingerprint density at radius 3 is 2.45 bits per heavy atom.